The van der Waals surface area contributed by atoms with Gasteiger partial charge in [0.15, 0.2) is 12.0 Å². The number of benzene rings is 1. The van der Waals surface area contributed by atoms with E-state index in [9.17, 15) is 4.79 Å². The lowest BCUT2D eigenvalue weighted by Crippen LogP contribution is -1.84. The predicted molar refractivity (Wildman–Crippen MR) is 61.3 cm³/mol. The highest BCUT2D eigenvalue weighted by molar-refractivity contribution is 9.10. The van der Waals surface area contributed by atoms with Crippen LogP contribution in [0.5, 0.6) is 0 Å². The van der Waals surface area contributed by atoms with E-state index < -0.39 is 0 Å². The van der Waals surface area contributed by atoms with Crippen LogP contribution in [0.15, 0.2) is 27.1 Å². The SMILES string of the molecule is O=Cc1oc2cccc(Br)c2c1C1CC1. The number of fused-ring (bicyclic) bond motifs is 1. The van der Waals surface area contributed by atoms with Crippen LogP contribution in [-0.2, 0) is 0 Å². The Morgan fingerprint density at radius 2 is 2.20 bits per heavy atom. The molecule has 0 radical (unpaired) electrons. The van der Waals surface area contributed by atoms with Gasteiger partial charge in [0.05, 0.1) is 0 Å². The number of furan rings is 1. The fraction of sp³-hybridized carbons (Fsp3) is 0.250. The zero-order valence-corrected chi connectivity index (χ0v) is 9.58. The summed E-state index contributed by atoms with van der Waals surface area (Å²) in [7, 11) is 0. The molecular weight excluding hydrogens is 256 g/mol. The monoisotopic (exact) mass is 264 g/mol. The topological polar surface area (TPSA) is 30.2 Å². The summed E-state index contributed by atoms with van der Waals surface area (Å²) in [4.78, 5) is 10.9. The van der Waals surface area contributed by atoms with Gasteiger partial charge in [-0.15, -0.1) is 0 Å². The van der Waals surface area contributed by atoms with Crippen LogP contribution >= 0.6 is 15.9 Å². The van der Waals surface area contributed by atoms with E-state index in [4.69, 9.17) is 4.42 Å². The van der Waals surface area contributed by atoms with Crippen molar-refractivity contribution >= 4 is 33.2 Å². The van der Waals surface area contributed by atoms with E-state index in [2.05, 4.69) is 15.9 Å². The number of carbonyl (C=O) groups is 1. The largest absolute Gasteiger partial charge is 0.453 e. The van der Waals surface area contributed by atoms with Crippen LogP contribution in [-0.4, -0.2) is 6.29 Å². The van der Waals surface area contributed by atoms with Gasteiger partial charge >= 0.3 is 0 Å². The molecule has 0 spiro atoms. The molecule has 0 unspecified atom stereocenters. The van der Waals surface area contributed by atoms with Crippen LogP contribution in [0.1, 0.15) is 34.9 Å². The molecule has 0 bridgehead atoms. The van der Waals surface area contributed by atoms with Gasteiger partial charge in [0, 0.05) is 15.4 Å². The zero-order valence-electron chi connectivity index (χ0n) is 8.00. The third kappa shape index (κ3) is 1.34. The average Bonchev–Trinajstić information content (AvgIpc) is 2.99. The van der Waals surface area contributed by atoms with Crippen molar-refractivity contribution in [3.8, 4) is 0 Å². The minimum absolute atomic E-state index is 0.499. The summed E-state index contributed by atoms with van der Waals surface area (Å²) in [6, 6.07) is 5.80. The van der Waals surface area contributed by atoms with E-state index in [0.717, 1.165) is 40.1 Å². The van der Waals surface area contributed by atoms with Gasteiger partial charge in [0.2, 0.25) is 0 Å². The van der Waals surface area contributed by atoms with Crippen molar-refractivity contribution in [1.82, 2.24) is 0 Å². The normalized spacial score (nSPS) is 15.8. The predicted octanol–water partition coefficient (Wildman–Crippen LogP) is 3.89. The summed E-state index contributed by atoms with van der Waals surface area (Å²) < 4.78 is 6.55. The molecular formula is C12H9BrO2. The van der Waals surface area contributed by atoms with Crippen molar-refractivity contribution in [2.75, 3.05) is 0 Å². The molecule has 0 amide bonds. The number of rotatable bonds is 2. The highest BCUT2D eigenvalue weighted by atomic mass is 79.9. The second-order valence-electron chi connectivity index (χ2n) is 3.89. The molecule has 0 N–H and O–H groups in total. The van der Waals surface area contributed by atoms with E-state index in [1.807, 2.05) is 18.2 Å². The number of carbonyl (C=O) groups excluding carboxylic acids is 1. The maximum Gasteiger partial charge on any atom is 0.185 e. The first kappa shape index (κ1) is 9.16. The molecule has 3 rings (SSSR count). The Morgan fingerprint density at radius 3 is 2.87 bits per heavy atom. The van der Waals surface area contributed by atoms with Crippen LogP contribution in [0.2, 0.25) is 0 Å². The standard InChI is InChI=1S/C12H9BrO2/c13-8-2-1-3-9-12(8)11(7-4-5-7)10(6-14)15-9/h1-3,6-7H,4-5H2. The highest BCUT2D eigenvalue weighted by Crippen LogP contribution is 2.47. The summed E-state index contributed by atoms with van der Waals surface area (Å²) in [5, 5.41) is 1.07. The highest BCUT2D eigenvalue weighted by Gasteiger charge is 2.31. The first-order valence-corrected chi connectivity index (χ1v) is 5.76. The molecule has 2 aromatic rings. The van der Waals surface area contributed by atoms with Crippen LogP contribution in [0.4, 0.5) is 0 Å². The molecule has 1 aromatic carbocycles. The molecule has 0 atom stereocenters. The van der Waals surface area contributed by atoms with Crippen molar-refractivity contribution < 1.29 is 9.21 Å². The van der Waals surface area contributed by atoms with Crippen LogP contribution in [0.3, 0.4) is 0 Å². The lowest BCUT2D eigenvalue weighted by atomic mass is 10.1. The van der Waals surface area contributed by atoms with Gasteiger partial charge in [-0.2, -0.15) is 0 Å². The molecule has 1 aliphatic carbocycles. The fourth-order valence-electron chi connectivity index (χ4n) is 2.01. The molecule has 1 heterocycles. The third-order valence-corrected chi connectivity index (χ3v) is 3.48. The Labute approximate surface area is 95.4 Å². The van der Waals surface area contributed by atoms with Gasteiger partial charge in [-0.05, 0) is 30.9 Å². The van der Waals surface area contributed by atoms with Crippen molar-refractivity contribution in [2.24, 2.45) is 0 Å². The molecule has 76 valence electrons. The average molecular weight is 265 g/mol. The second-order valence-corrected chi connectivity index (χ2v) is 4.74. The molecule has 3 heteroatoms. The zero-order chi connectivity index (χ0) is 10.4. The summed E-state index contributed by atoms with van der Waals surface area (Å²) in [5.74, 6) is 1.02. The molecule has 0 saturated heterocycles. The van der Waals surface area contributed by atoms with E-state index in [1.165, 1.54) is 0 Å². The van der Waals surface area contributed by atoms with E-state index >= 15 is 0 Å². The fourth-order valence-corrected chi connectivity index (χ4v) is 2.57. The van der Waals surface area contributed by atoms with Crippen LogP contribution < -0.4 is 0 Å². The minimum atomic E-state index is 0.499. The van der Waals surface area contributed by atoms with E-state index in [0.29, 0.717) is 11.7 Å². The quantitative estimate of drug-likeness (QED) is 0.771. The summed E-state index contributed by atoms with van der Waals surface area (Å²) >= 11 is 3.51. The van der Waals surface area contributed by atoms with Crippen LogP contribution in [0.25, 0.3) is 11.0 Å². The smallest absolute Gasteiger partial charge is 0.185 e. The Kier molecular flexibility index (Phi) is 1.96. The maximum absolute atomic E-state index is 10.9. The second kappa shape index (κ2) is 3.20. The molecule has 1 fully saturated rings. The number of halogens is 1. The Bertz CT molecular complexity index is 538. The van der Waals surface area contributed by atoms with Crippen molar-refractivity contribution in [1.29, 1.82) is 0 Å². The van der Waals surface area contributed by atoms with Crippen LogP contribution in [0, 0.1) is 0 Å². The van der Waals surface area contributed by atoms with Crippen molar-refractivity contribution in [3.05, 3.63) is 34.0 Å². The first-order chi connectivity index (χ1) is 7.31. The Balaban J connectivity index is 2.40. The van der Waals surface area contributed by atoms with Gasteiger partial charge in [0.1, 0.15) is 5.58 Å². The van der Waals surface area contributed by atoms with Crippen molar-refractivity contribution in [2.45, 2.75) is 18.8 Å². The minimum Gasteiger partial charge on any atom is -0.453 e. The molecule has 1 saturated carbocycles. The van der Waals surface area contributed by atoms with Gasteiger partial charge in [-0.1, -0.05) is 22.0 Å². The molecule has 2 nitrogen and oxygen atoms in total. The Morgan fingerprint density at radius 1 is 1.40 bits per heavy atom. The van der Waals surface area contributed by atoms with Crippen molar-refractivity contribution in [3.63, 3.8) is 0 Å². The van der Waals surface area contributed by atoms with Gasteiger partial charge in [-0.25, -0.2) is 0 Å². The maximum atomic E-state index is 10.9. The lowest BCUT2D eigenvalue weighted by molar-refractivity contribution is 0.110. The lowest BCUT2D eigenvalue weighted by Gasteiger charge is -1.96. The molecule has 0 aliphatic heterocycles. The van der Waals surface area contributed by atoms with Gasteiger partial charge < -0.3 is 4.42 Å². The first-order valence-electron chi connectivity index (χ1n) is 4.97. The van der Waals surface area contributed by atoms with Gasteiger partial charge in [-0.3, -0.25) is 4.79 Å². The molecule has 1 aliphatic rings. The molecule has 15 heavy (non-hydrogen) atoms. The summed E-state index contributed by atoms with van der Waals surface area (Å²) in [5.41, 5.74) is 1.89. The third-order valence-electron chi connectivity index (χ3n) is 2.82. The van der Waals surface area contributed by atoms with Gasteiger partial charge in [0.25, 0.3) is 0 Å². The number of aldehydes is 1. The Hall–Kier alpha value is -1.09. The number of hydrogen-bond acceptors (Lipinski definition) is 2. The molecule has 1 aromatic heterocycles. The van der Waals surface area contributed by atoms with E-state index in [-0.39, 0.29) is 0 Å². The summed E-state index contributed by atoms with van der Waals surface area (Å²) in [6.45, 7) is 0. The number of hydrogen-bond donors (Lipinski definition) is 0. The summed E-state index contributed by atoms with van der Waals surface area (Å²) in [6.07, 6.45) is 3.15. The van der Waals surface area contributed by atoms with E-state index in [1.54, 1.807) is 0 Å².